The monoisotopic (exact) mass is 263 g/mol. The molecule has 0 amide bonds. The Hall–Kier alpha value is -1.79. The Labute approximate surface area is 109 Å². The number of nitro groups is 1. The van der Waals surface area contributed by atoms with E-state index in [4.69, 9.17) is 0 Å². The second-order valence-electron chi connectivity index (χ2n) is 3.92. The van der Waals surface area contributed by atoms with E-state index in [1.807, 2.05) is 18.5 Å². The number of nitrogens with zero attached hydrogens (tertiary/aromatic N) is 2. The normalized spacial score (nSPS) is 10.6. The average Bonchev–Trinajstić information content (AvgIpc) is 2.78. The first-order valence-electron chi connectivity index (χ1n) is 5.46. The summed E-state index contributed by atoms with van der Waals surface area (Å²) < 4.78 is 0. The second kappa shape index (κ2) is 5.24. The van der Waals surface area contributed by atoms with Crippen LogP contribution in [0.1, 0.15) is 10.6 Å². The summed E-state index contributed by atoms with van der Waals surface area (Å²) in [5.41, 5.74) is 2.37. The second-order valence-corrected chi connectivity index (χ2v) is 4.86. The van der Waals surface area contributed by atoms with Crippen LogP contribution in [0.5, 0.6) is 0 Å². The lowest BCUT2D eigenvalue weighted by Crippen LogP contribution is -2.04. The Kier molecular flexibility index (Phi) is 3.69. The maximum absolute atomic E-state index is 10.9. The highest BCUT2D eigenvalue weighted by Crippen LogP contribution is 2.27. The summed E-state index contributed by atoms with van der Waals surface area (Å²) in [5, 5.41) is 16.8. The van der Waals surface area contributed by atoms with Crippen molar-refractivity contribution in [3.63, 3.8) is 0 Å². The predicted octanol–water partition coefficient (Wildman–Crippen LogP) is 2.75. The predicted molar refractivity (Wildman–Crippen MR) is 71.7 cm³/mol. The lowest BCUT2D eigenvalue weighted by molar-refractivity contribution is -0.385. The first-order valence-corrected chi connectivity index (χ1v) is 6.34. The van der Waals surface area contributed by atoms with Crippen molar-refractivity contribution < 1.29 is 4.92 Å². The van der Waals surface area contributed by atoms with E-state index >= 15 is 0 Å². The van der Waals surface area contributed by atoms with Gasteiger partial charge in [-0.1, -0.05) is 12.1 Å². The van der Waals surface area contributed by atoms with Crippen LogP contribution < -0.4 is 5.32 Å². The zero-order chi connectivity index (χ0) is 13.1. The van der Waals surface area contributed by atoms with Crippen LogP contribution in [-0.4, -0.2) is 17.0 Å². The molecule has 1 aromatic carbocycles. The van der Waals surface area contributed by atoms with E-state index in [0.717, 1.165) is 16.3 Å². The van der Waals surface area contributed by atoms with Crippen LogP contribution in [0.3, 0.4) is 0 Å². The standard InChI is InChI=1S/C12H13N3O2S/c1-8-3-4-9(5-11(8)15(16)17)10-7-18-12(14-10)6-13-2/h3-5,7,13H,6H2,1-2H3. The van der Waals surface area contributed by atoms with Gasteiger partial charge in [0, 0.05) is 29.1 Å². The van der Waals surface area contributed by atoms with Gasteiger partial charge in [-0.2, -0.15) is 0 Å². The van der Waals surface area contributed by atoms with E-state index in [-0.39, 0.29) is 10.6 Å². The zero-order valence-electron chi connectivity index (χ0n) is 10.1. The fraction of sp³-hybridized carbons (Fsp3) is 0.250. The van der Waals surface area contributed by atoms with Gasteiger partial charge in [-0.15, -0.1) is 11.3 Å². The third-order valence-corrected chi connectivity index (χ3v) is 3.43. The van der Waals surface area contributed by atoms with Gasteiger partial charge < -0.3 is 5.32 Å². The summed E-state index contributed by atoms with van der Waals surface area (Å²) in [6, 6.07) is 5.19. The van der Waals surface area contributed by atoms with E-state index in [9.17, 15) is 10.1 Å². The third-order valence-electron chi connectivity index (χ3n) is 2.58. The van der Waals surface area contributed by atoms with Crippen LogP contribution in [0.25, 0.3) is 11.3 Å². The maximum atomic E-state index is 10.9. The van der Waals surface area contributed by atoms with Crippen molar-refractivity contribution in [1.82, 2.24) is 10.3 Å². The molecule has 6 heteroatoms. The molecule has 94 valence electrons. The van der Waals surface area contributed by atoms with Crippen molar-refractivity contribution in [2.45, 2.75) is 13.5 Å². The molecule has 1 heterocycles. The molecular formula is C12H13N3O2S. The van der Waals surface area contributed by atoms with Crippen molar-refractivity contribution in [2.24, 2.45) is 0 Å². The van der Waals surface area contributed by atoms with E-state index < -0.39 is 0 Å². The van der Waals surface area contributed by atoms with Gasteiger partial charge in [0.1, 0.15) is 5.01 Å². The lowest BCUT2D eigenvalue weighted by atomic mass is 10.1. The molecule has 5 nitrogen and oxygen atoms in total. The molecule has 0 aliphatic heterocycles. The number of nitro benzene ring substituents is 1. The highest BCUT2D eigenvalue weighted by Gasteiger charge is 2.13. The van der Waals surface area contributed by atoms with E-state index in [1.165, 1.54) is 0 Å². The molecule has 0 saturated carbocycles. The zero-order valence-corrected chi connectivity index (χ0v) is 11.0. The molecule has 1 aromatic heterocycles. The lowest BCUT2D eigenvalue weighted by Gasteiger charge is -2.00. The molecule has 2 rings (SSSR count). The largest absolute Gasteiger partial charge is 0.314 e. The molecule has 0 radical (unpaired) electrons. The van der Waals surface area contributed by atoms with E-state index in [2.05, 4.69) is 10.3 Å². The van der Waals surface area contributed by atoms with Gasteiger partial charge in [0.25, 0.3) is 5.69 Å². The number of thiazole rings is 1. The van der Waals surface area contributed by atoms with Gasteiger partial charge in [0.15, 0.2) is 0 Å². The molecule has 0 unspecified atom stereocenters. The van der Waals surface area contributed by atoms with Gasteiger partial charge in [-0.05, 0) is 14.0 Å². The molecule has 0 spiro atoms. The molecule has 0 bridgehead atoms. The Balaban J connectivity index is 2.38. The smallest absolute Gasteiger partial charge is 0.272 e. The minimum absolute atomic E-state index is 0.135. The Morgan fingerprint density at radius 3 is 2.94 bits per heavy atom. The summed E-state index contributed by atoms with van der Waals surface area (Å²) in [6.45, 7) is 2.44. The molecule has 0 aliphatic carbocycles. The van der Waals surface area contributed by atoms with Gasteiger partial charge >= 0.3 is 0 Å². The Morgan fingerprint density at radius 1 is 1.50 bits per heavy atom. The molecule has 0 saturated heterocycles. The summed E-state index contributed by atoms with van der Waals surface area (Å²) in [6.07, 6.45) is 0. The van der Waals surface area contributed by atoms with Gasteiger partial charge in [-0.25, -0.2) is 4.98 Å². The Bertz CT molecular complexity index is 580. The van der Waals surface area contributed by atoms with Crippen molar-refractivity contribution in [3.05, 3.63) is 44.3 Å². The molecule has 0 atom stereocenters. The number of aryl methyl sites for hydroxylation is 1. The minimum atomic E-state index is -0.361. The topological polar surface area (TPSA) is 68.1 Å². The molecule has 0 fully saturated rings. The van der Waals surface area contributed by atoms with Crippen LogP contribution in [-0.2, 0) is 6.54 Å². The summed E-state index contributed by atoms with van der Waals surface area (Å²) >= 11 is 1.54. The number of aromatic nitrogens is 1. The SMILES string of the molecule is CNCc1nc(-c2ccc(C)c([N+](=O)[O-])c2)cs1. The van der Waals surface area contributed by atoms with Crippen molar-refractivity contribution in [3.8, 4) is 11.3 Å². The molecule has 1 N–H and O–H groups in total. The minimum Gasteiger partial charge on any atom is -0.314 e. The number of hydrogen-bond donors (Lipinski definition) is 1. The van der Waals surface area contributed by atoms with Crippen LogP contribution in [0.4, 0.5) is 5.69 Å². The quantitative estimate of drug-likeness (QED) is 0.680. The molecular weight excluding hydrogens is 250 g/mol. The third kappa shape index (κ3) is 2.55. The van der Waals surface area contributed by atoms with Gasteiger partial charge in [0.05, 0.1) is 10.6 Å². The van der Waals surface area contributed by atoms with E-state index in [1.54, 1.807) is 30.4 Å². The average molecular weight is 263 g/mol. The Morgan fingerprint density at radius 2 is 2.28 bits per heavy atom. The molecule has 0 aliphatic rings. The summed E-state index contributed by atoms with van der Waals surface area (Å²) in [5.74, 6) is 0. The number of rotatable bonds is 4. The number of nitrogens with one attached hydrogen (secondary N) is 1. The van der Waals surface area contributed by atoms with Crippen molar-refractivity contribution in [1.29, 1.82) is 0 Å². The molecule has 2 aromatic rings. The van der Waals surface area contributed by atoms with Crippen LogP contribution >= 0.6 is 11.3 Å². The van der Waals surface area contributed by atoms with Crippen LogP contribution in [0, 0.1) is 17.0 Å². The number of hydrogen-bond acceptors (Lipinski definition) is 5. The molecule has 18 heavy (non-hydrogen) atoms. The van der Waals surface area contributed by atoms with E-state index in [0.29, 0.717) is 12.1 Å². The fourth-order valence-corrected chi connectivity index (χ4v) is 2.46. The highest BCUT2D eigenvalue weighted by molar-refractivity contribution is 7.09. The van der Waals surface area contributed by atoms with Crippen molar-refractivity contribution >= 4 is 17.0 Å². The summed E-state index contributed by atoms with van der Waals surface area (Å²) in [4.78, 5) is 15.0. The van der Waals surface area contributed by atoms with Gasteiger partial charge in [-0.3, -0.25) is 10.1 Å². The highest BCUT2D eigenvalue weighted by atomic mass is 32.1. The maximum Gasteiger partial charge on any atom is 0.272 e. The summed E-state index contributed by atoms with van der Waals surface area (Å²) in [7, 11) is 1.86. The first kappa shape index (κ1) is 12.7. The van der Waals surface area contributed by atoms with Crippen LogP contribution in [0.2, 0.25) is 0 Å². The fourth-order valence-electron chi connectivity index (χ4n) is 1.64. The van der Waals surface area contributed by atoms with Crippen molar-refractivity contribution in [2.75, 3.05) is 7.05 Å². The van der Waals surface area contributed by atoms with Gasteiger partial charge in [0.2, 0.25) is 0 Å². The number of benzene rings is 1. The van der Waals surface area contributed by atoms with Crippen LogP contribution in [0.15, 0.2) is 23.6 Å². The first-order chi connectivity index (χ1) is 8.61.